The van der Waals surface area contributed by atoms with E-state index in [1.165, 1.54) is 0 Å². The zero-order chi connectivity index (χ0) is 15.2. The van der Waals surface area contributed by atoms with E-state index >= 15 is 0 Å². The van der Waals surface area contributed by atoms with E-state index in [0.717, 1.165) is 11.8 Å². The van der Waals surface area contributed by atoms with Crippen LogP contribution < -0.4 is 5.32 Å². The Kier molecular flexibility index (Phi) is 5.51. The summed E-state index contributed by atoms with van der Waals surface area (Å²) in [5.74, 6) is -2.13. The summed E-state index contributed by atoms with van der Waals surface area (Å²) in [5, 5.41) is 10.8. The number of alkyl carbamates (subject to hydrolysis) is 1. The highest BCUT2D eigenvalue weighted by atomic mass is 32.2. The fraction of sp³-hybridized carbons (Fsp3) is 0.333. The van der Waals surface area contributed by atoms with E-state index < -0.39 is 33.7 Å². The van der Waals surface area contributed by atoms with Crippen molar-refractivity contribution in [3.05, 3.63) is 35.9 Å². The van der Waals surface area contributed by atoms with E-state index in [-0.39, 0.29) is 6.61 Å². The van der Waals surface area contributed by atoms with Crippen molar-refractivity contribution in [2.75, 3.05) is 12.0 Å². The Morgan fingerprint density at radius 1 is 1.30 bits per heavy atom. The highest BCUT2D eigenvalue weighted by Crippen LogP contribution is 2.01. The SMILES string of the molecule is CS(=O)(=O)C[C@@H](NC(=O)OCc1ccccc1)C(=O)O. The summed E-state index contributed by atoms with van der Waals surface area (Å²) in [5.41, 5.74) is 0.734. The summed E-state index contributed by atoms with van der Waals surface area (Å²) < 4.78 is 26.9. The van der Waals surface area contributed by atoms with Gasteiger partial charge in [0.05, 0.1) is 5.75 Å². The summed E-state index contributed by atoms with van der Waals surface area (Å²) in [4.78, 5) is 22.3. The minimum atomic E-state index is -3.53. The third-order valence-electron chi connectivity index (χ3n) is 2.27. The third-order valence-corrected chi connectivity index (χ3v) is 3.21. The summed E-state index contributed by atoms with van der Waals surface area (Å²) >= 11 is 0. The van der Waals surface area contributed by atoms with E-state index in [1.54, 1.807) is 30.3 Å². The molecule has 0 saturated carbocycles. The molecule has 1 atom stereocenters. The molecule has 110 valence electrons. The highest BCUT2D eigenvalue weighted by molar-refractivity contribution is 7.90. The van der Waals surface area contributed by atoms with Crippen LogP contribution in [0.3, 0.4) is 0 Å². The number of nitrogens with one attached hydrogen (secondary N) is 1. The molecule has 0 bridgehead atoms. The number of carboxylic acid groups (broad SMARTS) is 1. The van der Waals surface area contributed by atoms with Gasteiger partial charge in [-0.15, -0.1) is 0 Å². The number of aliphatic carboxylic acids is 1. The zero-order valence-electron chi connectivity index (χ0n) is 10.8. The minimum Gasteiger partial charge on any atom is -0.480 e. The molecule has 0 aliphatic heterocycles. The van der Waals surface area contributed by atoms with Crippen molar-refractivity contribution < 1.29 is 27.9 Å². The molecule has 0 heterocycles. The van der Waals surface area contributed by atoms with Crippen molar-refractivity contribution in [1.29, 1.82) is 0 Å². The fourth-order valence-corrected chi connectivity index (χ4v) is 2.22. The first kappa shape index (κ1) is 16.0. The first-order valence-corrected chi connectivity index (χ1v) is 7.72. The van der Waals surface area contributed by atoms with E-state index in [4.69, 9.17) is 9.84 Å². The van der Waals surface area contributed by atoms with Gasteiger partial charge < -0.3 is 15.2 Å². The van der Waals surface area contributed by atoms with Crippen molar-refractivity contribution in [2.45, 2.75) is 12.6 Å². The number of hydrogen-bond acceptors (Lipinski definition) is 5. The van der Waals surface area contributed by atoms with Crippen LogP contribution in [0, 0.1) is 0 Å². The molecule has 0 fully saturated rings. The van der Waals surface area contributed by atoms with Crippen molar-refractivity contribution in [3.8, 4) is 0 Å². The number of amides is 1. The van der Waals surface area contributed by atoms with Crippen molar-refractivity contribution in [1.82, 2.24) is 5.32 Å². The molecule has 8 heteroatoms. The van der Waals surface area contributed by atoms with Gasteiger partial charge in [-0.2, -0.15) is 0 Å². The average molecular weight is 301 g/mol. The van der Waals surface area contributed by atoms with Gasteiger partial charge in [-0.25, -0.2) is 18.0 Å². The van der Waals surface area contributed by atoms with Gasteiger partial charge in [0.1, 0.15) is 22.5 Å². The maximum atomic E-state index is 11.4. The highest BCUT2D eigenvalue weighted by Gasteiger charge is 2.25. The first-order chi connectivity index (χ1) is 9.28. The average Bonchev–Trinajstić information content (AvgIpc) is 2.35. The molecule has 0 radical (unpaired) electrons. The van der Waals surface area contributed by atoms with E-state index in [0.29, 0.717) is 0 Å². The molecule has 0 saturated heterocycles. The predicted molar refractivity (Wildman–Crippen MR) is 70.9 cm³/mol. The molecule has 20 heavy (non-hydrogen) atoms. The Bertz CT molecular complexity index is 569. The van der Waals surface area contributed by atoms with Crippen LogP contribution in [0.4, 0.5) is 4.79 Å². The molecular formula is C12H15NO6S. The van der Waals surface area contributed by atoms with Gasteiger partial charge in [0.15, 0.2) is 0 Å². The van der Waals surface area contributed by atoms with E-state index in [1.807, 2.05) is 5.32 Å². The third kappa shape index (κ3) is 6.19. The van der Waals surface area contributed by atoms with E-state index in [2.05, 4.69) is 0 Å². The topological polar surface area (TPSA) is 110 Å². The van der Waals surface area contributed by atoms with Crippen molar-refractivity contribution in [2.24, 2.45) is 0 Å². The monoisotopic (exact) mass is 301 g/mol. The van der Waals surface area contributed by atoms with Crippen LogP contribution in [0.15, 0.2) is 30.3 Å². The van der Waals surface area contributed by atoms with Gasteiger partial charge in [0.25, 0.3) is 0 Å². The van der Waals surface area contributed by atoms with Crippen molar-refractivity contribution >= 4 is 21.9 Å². The Morgan fingerprint density at radius 2 is 1.90 bits per heavy atom. The lowest BCUT2D eigenvalue weighted by molar-refractivity contribution is -0.138. The number of sulfone groups is 1. The number of benzene rings is 1. The Labute approximate surface area is 116 Å². The number of ether oxygens (including phenoxy) is 1. The minimum absolute atomic E-state index is 0.0299. The molecule has 2 N–H and O–H groups in total. The first-order valence-electron chi connectivity index (χ1n) is 5.65. The molecule has 1 amide bonds. The lowest BCUT2D eigenvalue weighted by Crippen LogP contribution is -2.45. The lowest BCUT2D eigenvalue weighted by atomic mass is 10.2. The molecule has 1 aromatic rings. The maximum Gasteiger partial charge on any atom is 0.408 e. The molecule has 0 aliphatic rings. The smallest absolute Gasteiger partial charge is 0.408 e. The fourth-order valence-electron chi connectivity index (χ4n) is 1.38. The summed E-state index contributed by atoms with van der Waals surface area (Å²) in [6.45, 7) is -0.0299. The Morgan fingerprint density at radius 3 is 2.40 bits per heavy atom. The number of carboxylic acids is 1. The number of carbonyl (C=O) groups excluding carboxylic acids is 1. The molecular weight excluding hydrogens is 286 g/mol. The second-order valence-electron chi connectivity index (χ2n) is 4.19. The van der Waals surface area contributed by atoms with Crippen LogP contribution in [0.5, 0.6) is 0 Å². The molecule has 0 spiro atoms. The second-order valence-corrected chi connectivity index (χ2v) is 6.37. The summed E-state index contributed by atoms with van der Waals surface area (Å²) in [7, 11) is -3.53. The number of carbonyl (C=O) groups is 2. The van der Waals surface area contributed by atoms with Crippen LogP contribution >= 0.6 is 0 Å². The van der Waals surface area contributed by atoms with Gasteiger partial charge in [-0.05, 0) is 5.56 Å². The zero-order valence-corrected chi connectivity index (χ0v) is 11.6. The lowest BCUT2D eigenvalue weighted by Gasteiger charge is -2.13. The standard InChI is InChI=1S/C12H15NO6S/c1-20(17,18)8-10(11(14)15)13-12(16)19-7-9-5-3-2-4-6-9/h2-6,10H,7-8H2,1H3,(H,13,16)(H,14,15)/t10-/m1/s1. The van der Waals surface area contributed by atoms with Crippen LogP contribution in [0.1, 0.15) is 5.56 Å². The van der Waals surface area contributed by atoms with Crippen LogP contribution in [0.25, 0.3) is 0 Å². The molecule has 0 aromatic heterocycles. The van der Waals surface area contributed by atoms with Crippen LogP contribution in [0.2, 0.25) is 0 Å². The number of hydrogen-bond donors (Lipinski definition) is 2. The molecule has 0 aliphatic carbocycles. The number of rotatable bonds is 6. The van der Waals surface area contributed by atoms with Crippen LogP contribution in [-0.4, -0.2) is 43.6 Å². The largest absolute Gasteiger partial charge is 0.480 e. The van der Waals surface area contributed by atoms with Gasteiger partial charge in [-0.1, -0.05) is 30.3 Å². The summed E-state index contributed by atoms with van der Waals surface area (Å²) in [6, 6.07) is 7.27. The predicted octanol–water partition coefficient (Wildman–Crippen LogP) is 0.411. The Hall–Kier alpha value is -2.09. The quantitative estimate of drug-likeness (QED) is 0.787. The second kappa shape index (κ2) is 6.90. The van der Waals surface area contributed by atoms with Crippen LogP contribution in [-0.2, 0) is 26.0 Å². The van der Waals surface area contributed by atoms with E-state index in [9.17, 15) is 18.0 Å². The molecule has 0 unspecified atom stereocenters. The van der Waals surface area contributed by atoms with Gasteiger partial charge >= 0.3 is 12.1 Å². The van der Waals surface area contributed by atoms with Gasteiger partial charge in [0.2, 0.25) is 0 Å². The van der Waals surface area contributed by atoms with Crippen molar-refractivity contribution in [3.63, 3.8) is 0 Å². The molecule has 7 nitrogen and oxygen atoms in total. The summed E-state index contributed by atoms with van der Waals surface area (Å²) in [6.07, 6.45) is -0.0928. The Balaban J connectivity index is 2.52. The maximum absolute atomic E-state index is 11.4. The van der Waals surface area contributed by atoms with Gasteiger partial charge in [-0.3, -0.25) is 0 Å². The molecule has 1 rings (SSSR count). The van der Waals surface area contributed by atoms with Gasteiger partial charge in [0, 0.05) is 6.26 Å². The molecule has 1 aromatic carbocycles. The normalized spacial score (nSPS) is 12.4.